The number of hydrogen-bond acceptors (Lipinski definition) is 5. The molecule has 0 unspecified atom stereocenters. The first-order valence-electron chi connectivity index (χ1n) is 7.29. The first-order chi connectivity index (χ1) is 12.1. The maximum atomic E-state index is 13.4. The standard InChI is InChI=1S/C17H14ClFN2O3S/c1-23-9-24-14-6-10(2-4-12(14)20-16(22)8-18)17-21-13-5-3-11(19)7-15(13)25-17/h2-7H,8-9H2,1H3,(H,20,22). The summed E-state index contributed by atoms with van der Waals surface area (Å²) in [5.41, 5.74) is 2.00. The van der Waals surface area contributed by atoms with Crippen LogP contribution in [0, 0.1) is 5.82 Å². The summed E-state index contributed by atoms with van der Waals surface area (Å²) >= 11 is 6.90. The summed E-state index contributed by atoms with van der Waals surface area (Å²) in [6, 6.07) is 9.73. The van der Waals surface area contributed by atoms with E-state index in [1.54, 1.807) is 24.3 Å². The maximum Gasteiger partial charge on any atom is 0.239 e. The Balaban J connectivity index is 1.98. The van der Waals surface area contributed by atoms with Crippen LogP contribution in [0.5, 0.6) is 5.75 Å². The minimum absolute atomic E-state index is 0.0260. The smallest absolute Gasteiger partial charge is 0.239 e. The van der Waals surface area contributed by atoms with E-state index < -0.39 is 0 Å². The fourth-order valence-corrected chi connectivity index (χ4v) is 3.26. The number of anilines is 1. The van der Waals surface area contributed by atoms with E-state index in [1.165, 1.54) is 30.6 Å². The third-order valence-corrected chi connectivity index (χ3v) is 4.62. The Labute approximate surface area is 152 Å². The highest BCUT2D eigenvalue weighted by Crippen LogP contribution is 2.35. The van der Waals surface area contributed by atoms with E-state index in [0.29, 0.717) is 11.4 Å². The second-order valence-corrected chi connectivity index (χ2v) is 6.37. The lowest BCUT2D eigenvalue weighted by Gasteiger charge is -2.12. The van der Waals surface area contributed by atoms with Crippen LogP contribution < -0.4 is 10.1 Å². The van der Waals surface area contributed by atoms with Gasteiger partial charge in [-0.3, -0.25) is 4.79 Å². The van der Waals surface area contributed by atoms with Crippen molar-refractivity contribution in [3.05, 3.63) is 42.2 Å². The molecule has 0 aliphatic carbocycles. The zero-order valence-electron chi connectivity index (χ0n) is 13.2. The Morgan fingerprint density at radius 2 is 2.16 bits per heavy atom. The number of thiazole rings is 1. The van der Waals surface area contributed by atoms with E-state index in [4.69, 9.17) is 21.1 Å². The molecule has 5 nitrogen and oxygen atoms in total. The zero-order valence-corrected chi connectivity index (χ0v) is 14.8. The number of hydrogen-bond donors (Lipinski definition) is 1. The van der Waals surface area contributed by atoms with E-state index in [1.807, 2.05) is 0 Å². The molecule has 0 bridgehead atoms. The Hall–Kier alpha value is -2.22. The van der Waals surface area contributed by atoms with Crippen molar-refractivity contribution in [1.82, 2.24) is 4.98 Å². The third-order valence-electron chi connectivity index (χ3n) is 3.31. The molecule has 0 spiro atoms. The van der Waals surface area contributed by atoms with Crippen molar-refractivity contribution in [2.24, 2.45) is 0 Å². The molecule has 0 atom stereocenters. The van der Waals surface area contributed by atoms with Gasteiger partial charge in [0.2, 0.25) is 5.91 Å². The Morgan fingerprint density at radius 3 is 2.92 bits per heavy atom. The number of halogens is 2. The molecule has 3 aromatic rings. The van der Waals surface area contributed by atoms with Crippen molar-refractivity contribution in [1.29, 1.82) is 0 Å². The molecule has 0 radical (unpaired) electrons. The third kappa shape index (κ3) is 4.07. The van der Waals surface area contributed by atoms with Gasteiger partial charge in [-0.15, -0.1) is 22.9 Å². The second-order valence-electron chi connectivity index (χ2n) is 5.07. The largest absolute Gasteiger partial charge is 0.465 e. The number of amides is 1. The van der Waals surface area contributed by atoms with E-state index in [9.17, 15) is 9.18 Å². The molecule has 0 aliphatic heterocycles. The molecule has 1 amide bonds. The van der Waals surface area contributed by atoms with Crippen LogP contribution in [0.1, 0.15) is 0 Å². The molecule has 0 fully saturated rings. The minimum atomic E-state index is -0.341. The van der Waals surface area contributed by atoms with Gasteiger partial charge >= 0.3 is 0 Å². The van der Waals surface area contributed by atoms with Gasteiger partial charge in [0.1, 0.15) is 22.5 Å². The Kier molecular flexibility index (Phi) is 5.47. The number of rotatable bonds is 6. The van der Waals surface area contributed by atoms with Gasteiger partial charge in [-0.05, 0) is 36.4 Å². The number of carbonyl (C=O) groups excluding carboxylic acids is 1. The number of benzene rings is 2. The van der Waals surface area contributed by atoms with Crippen LogP contribution in [0.2, 0.25) is 0 Å². The predicted octanol–water partition coefficient (Wildman–Crippen LogP) is 4.26. The molecule has 1 heterocycles. The van der Waals surface area contributed by atoms with Crippen LogP contribution in [0.15, 0.2) is 36.4 Å². The molecule has 0 saturated heterocycles. The molecule has 0 saturated carbocycles. The van der Waals surface area contributed by atoms with Crippen molar-refractivity contribution in [2.75, 3.05) is 25.1 Å². The van der Waals surface area contributed by atoms with Crippen LogP contribution >= 0.6 is 22.9 Å². The summed E-state index contributed by atoms with van der Waals surface area (Å²) in [5, 5.41) is 3.38. The average molecular weight is 381 g/mol. The second kappa shape index (κ2) is 7.77. The SMILES string of the molecule is COCOc1cc(-c2nc3ccc(F)cc3s2)ccc1NC(=O)CCl. The fraction of sp³-hybridized carbons (Fsp3) is 0.176. The molecular formula is C17H14ClFN2O3S. The molecule has 130 valence electrons. The quantitative estimate of drug-likeness (QED) is 0.512. The topological polar surface area (TPSA) is 60.5 Å². The number of nitrogens with one attached hydrogen (secondary N) is 1. The van der Waals surface area contributed by atoms with Gasteiger partial charge in [0.25, 0.3) is 0 Å². The zero-order chi connectivity index (χ0) is 17.8. The van der Waals surface area contributed by atoms with E-state index in [2.05, 4.69) is 10.3 Å². The first kappa shape index (κ1) is 17.6. The summed E-state index contributed by atoms with van der Waals surface area (Å²) in [6.07, 6.45) is 0. The number of nitrogens with zero attached hydrogens (tertiary/aromatic N) is 1. The molecule has 0 aliphatic rings. The van der Waals surface area contributed by atoms with Gasteiger partial charge in [0.15, 0.2) is 6.79 Å². The predicted molar refractivity (Wildman–Crippen MR) is 96.9 cm³/mol. The number of methoxy groups -OCH3 is 1. The lowest BCUT2D eigenvalue weighted by molar-refractivity contribution is -0.113. The lowest BCUT2D eigenvalue weighted by Crippen LogP contribution is -2.14. The van der Waals surface area contributed by atoms with Crippen LogP contribution in [0.3, 0.4) is 0 Å². The monoisotopic (exact) mass is 380 g/mol. The van der Waals surface area contributed by atoms with Gasteiger partial charge in [0, 0.05) is 12.7 Å². The van der Waals surface area contributed by atoms with Crippen molar-refractivity contribution >= 4 is 44.7 Å². The normalized spacial score (nSPS) is 10.8. The lowest BCUT2D eigenvalue weighted by atomic mass is 10.2. The van der Waals surface area contributed by atoms with Gasteiger partial charge in [-0.25, -0.2) is 9.37 Å². The molecule has 8 heteroatoms. The number of carbonyl (C=O) groups is 1. The van der Waals surface area contributed by atoms with Crippen LogP contribution in [0.4, 0.5) is 10.1 Å². The van der Waals surface area contributed by atoms with Gasteiger partial charge in [-0.1, -0.05) is 0 Å². The highest BCUT2D eigenvalue weighted by atomic mass is 35.5. The summed E-state index contributed by atoms with van der Waals surface area (Å²) in [5.74, 6) is -0.365. The van der Waals surface area contributed by atoms with Gasteiger partial charge in [0.05, 0.1) is 15.9 Å². The summed E-state index contributed by atoms with van der Waals surface area (Å²) in [4.78, 5) is 16.0. The Morgan fingerprint density at radius 1 is 1.32 bits per heavy atom. The van der Waals surface area contributed by atoms with Crippen LogP contribution in [-0.2, 0) is 9.53 Å². The van der Waals surface area contributed by atoms with E-state index in [-0.39, 0.29) is 24.4 Å². The molecule has 1 aromatic heterocycles. The van der Waals surface area contributed by atoms with Crippen LogP contribution in [0.25, 0.3) is 20.8 Å². The highest BCUT2D eigenvalue weighted by Gasteiger charge is 2.13. The molecule has 3 rings (SSSR count). The Bertz CT molecular complexity index is 916. The first-order valence-corrected chi connectivity index (χ1v) is 8.64. The maximum absolute atomic E-state index is 13.4. The van der Waals surface area contributed by atoms with Gasteiger partial charge < -0.3 is 14.8 Å². The summed E-state index contributed by atoms with van der Waals surface area (Å²) in [6.45, 7) is 0.0260. The highest BCUT2D eigenvalue weighted by molar-refractivity contribution is 7.21. The van der Waals surface area contributed by atoms with Crippen molar-refractivity contribution in [2.45, 2.75) is 0 Å². The minimum Gasteiger partial charge on any atom is -0.465 e. The molecule has 25 heavy (non-hydrogen) atoms. The number of aromatic nitrogens is 1. The average Bonchev–Trinajstić information content (AvgIpc) is 3.03. The van der Waals surface area contributed by atoms with E-state index >= 15 is 0 Å². The van der Waals surface area contributed by atoms with Crippen molar-refractivity contribution < 1.29 is 18.7 Å². The molecule has 2 aromatic carbocycles. The van der Waals surface area contributed by atoms with E-state index in [0.717, 1.165) is 20.8 Å². The van der Waals surface area contributed by atoms with Gasteiger partial charge in [-0.2, -0.15) is 0 Å². The van der Waals surface area contributed by atoms with Crippen molar-refractivity contribution in [3.8, 4) is 16.3 Å². The fourth-order valence-electron chi connectivity index (χ4n) is 2.21. The number of ether oxygens (including phenoxy) is 2. The number of fused-ring (bicyclic) bond motifs is 1. The molecular weight excluding hydrogens is 367 g/mol. The molecule has 1 N–H and O–H groups in total. The summed E-state index contributed by atoms with van der Waals surface area (Å²) < 4.78 is 24.6. The number of alkyl halides is 1. The summed E-state index contributed by atoms with van der Waals surface area (Å²) in [7, 11) is 1.50. The van der Waals surface area contributed by atoms with Crippen LogP contribution in [-0.4, -0.2) is 30.7 Å². The van der Waals surface area contributed by atoms with Crippen molar-refractivity contribution in [3.63, 3.8) is 0 Å².